The van der Waals surface area contributed by atoms with Crippen molar-refractivity contribution in [2.24, 2.45) is 0 Å². The second-order valence-electron chi connectivity index (χ2n) is 11.3. The van der Waals surface area contributed by atoms with Gasteiger partial charge in [-0.05, 0) is 103 Å². The summed E-state index contributed by atoms with van der Waals surface area (Å²) in [7, 11) is 0. The van der Waals surface area contributed by atoms with Crippen LogP contribution in [0.4, 0.5) is 0 Å². The van der Waals surface area contributed by atoms with Crippen LogP contribution in [0.15, 0.2) is 60.7 Å². The van der Waals surface area contributed by atoms with Gasteiger partial charge in [-0.15, -0.1) is 0 Å². The topological polar surface area (TPSA) is 20.2 Å². The standard InChI is InChI=1S/C35H46O/c1-6-28-12-14-30(15-13-28)33-19-18-32(25-27(33)5)35(7-2,8-3)31-17-16-29(26(4)24-31)20-23-34(36)21-10-9-11-22-34/h12-19,24-25,36H,6-11,20-23H2,1-5H3. The van der Waals surface area contributed by atoms with E-state index in [2.05, 4.69) is 95.3 Å². The molecule has 1 aliphatic rings. The maximum atomic E-state index is 11.0. The van der Waals surface area contributed by atoms with Crippen LogP contribution in [0.1, 0.15) is 106 Å². The summed E-state index contributed by atoms with van der Waals surface area (Å²) in [6.45, 7) is 11.4. The third kappa shape index (κ3) is 5.47. The predicted molar refractivity (Wildman–Crippen MR) is 155 cm³/mol. The van der Waals surface area contributed by atoms with Gasteiger partial charge in [0, 0.05) is 5.41 Å². The Hall–Kier alpha value is -2.38. The monoisotopic (exact) mass is 482 g/mol. The first-order valence-electron chi connectivity index (χ1n) is 14.4. The van der Waals surface area contributed by atoms with E-state index < -0.39 is 5.60 Å². The number of benzene rings is 3. The maximum absolute atomic E-state index is 11.0. The van der Waals surface area contributed by atoms with Crippen LogP contribution in [-0.4, -0.2) is 10.7 Å². The second kappa shape index (κ2) is 11.3. The van der Waals surface area contributed by atoms with Crippen LogP contribution >= 0.6 is 0 Å². The van der Waals surface area contributed by atoms with Gasteiger partial charge in [-0.3, -0.25) is 0 Å². The lowest BCUT2D eigenvalue weighted by Gasteiger charge is -2.35. The molecule has 192 valence electrons. The normalized spacial score (nSPS) is 15.7. The summed E-state index contributed by atoms with van der Waals surface area (Å²) in [5, 5.41) is 11.0. The van der Waals surface area contributed by atoms with Crippen LogP contribution in [0.2, 0.25) is 0 Å². The highest BCUT2D eigenvalue weighted by molar-refractivity contribution is 5.68. The van der Waals surface area contributed by atoms with E-state index in [1.807, 2.05) is 0 Å². The van der Waals surface area contributed by atoms with Crippen LogP contribution in [0.25, 0.3) is 11.1 Å². The molecule has 4 rings (SSSR count). The Morgan fingerprint density at radius 2 is 1.36 bits per heavy atom. The Kier molecular flexibility index (Phi) is 8.41. The summed E-state index contributed by atoms with van der Waals surface area (Å²) in [5.41, 5.74) is 10.5. The smallest absolute Gasteiger partial charge is 0.0651 e. The molecule has 0 spiro atoms. The van der Waals surface area contributed by atoms with E-state index in [9.17, 15) is 5.11 Å². The molecule has 1 fully saturated rings. The SMILES string of the molecule is CCc1ccc(-c2ccc(C(CC)(CC)c3ccc(CCC4(O)CCCCC4)c(C)c3)cc2C)cc1. The molecule has 3 aromatic carbocycles. The van der Waals surface area contributed by atoms with Crippen LogP contribution in [0.5, 0.6) is 0 Å². The van der Waals surface area contributed by atoms with Crippen molar-refractivity contribution in [2.45, 2.75) is 110 Å². The molecule has 0 unspecified atom stereocenters. The molecule has 0 aromatic heterocycles. The molecule has 0 radical (unpaired) electrons. The van der Waals surface area contributed by atoms with E-state index in [1.165, 1.54) is 63.8 Å². The Morgan fingerprint density at radius 1 is 0.750 bits per heavy atom. The summed E-state index contributed by atoms with van der Waals surface area (Å²) >= 11 is 0. The Balaban J connectivity index is 1.60. The summed E-state index contributed by atoms with van der Waals surface area (Å²) in [5.74, 6) is 0. The van der Waals surface area contributed by atoms with Crippen molar-refractivity contribution in [1.29, 1.82) is 0 Å². The highest BCUT2D eigenvalue weighted by atomic mass is 16.3. The lowest BCUT2D eigenvalue weighted by Crippen LogP contribution is -2.31. The average Bonchev–Trinajstić information content (AvgIpc) is 2.90. The number of hydrogen-bond acceptors (Lipinski definition) is 1. The number of hydrogen-bond donors (Lipinski definition) is 1. The zero-order valence-corrected chi connectivity index (χ0v) is 23.3. The van der Waals surface area contributed by atoms with Crippen molar-refractivity contribution in [1.82, 2.24) is 0 Å². The van der Waals surface area contributed by atoms with E-state index in [4.69, 9.17) is 0 Å². The van der Waals surface area contributed by atoms with Gasteiger partial charge in [0.2, 0.25) is 0 Å². The molecule has 0 bridgehead atoms. The zero-order chi connectivity index (χ0) is 25.8. The van der Waals surface area contributed by atoms with E-state index in [-0.39, 0.29) is 5.41 Å². The summed E-state index contributed by atoms with van der Waals surface area (Å²) in [6.07, 6.45) is 10.6. The molecule has 36 heavy (non-hydrogen) atoms. The molecular weight excluding hydrogens is 436 g/mol. The first-order valence-corrected chi connectivity index (χ1v) is 14.4. The molecule has 1 N–H and O–H groups in total. The van der Waals surface area contributed by atoms with Crippen molar-refractivity contribution in [3.05, 3.63) is 94.0 Å². The fraction of sp³-hybridized carbons (Fsp3) is 0.486. The lowest BCUT2D eigenvalue weighted by atomic mass is 9.69. The molecule has 0 aliphatic heterocycles. The van der Waals surface area contributed by atoms with Crippen LogP contribution < -0.4 is 0 Å². The molecule has 0 heterocycles. The number of aryl methyl sites for hydroxylation is 4. The first kappa shape index (κ1) is 26.7. The molecule has 1 aliphatic carbocycles. The van der Waals surface area contributed by atoms with Crippen molar-refractivity contribution < 1.29 is 5.11 Å². The molecule has 1 saturated carbocycles. The number of rotatable bonds is 9. The Bertz CT molecular complexity index is 1140. The van der Waals surface area contributed by atoms with Crippen LogP contribution in [0, 0.1) is 13.8 Å². The lowest BCUT2D eigenvalue weighted by molar-refractivity contribution is -0.00344. The van der Waals surface area contributed by atoms with Gasteiger partial charge in [0.15, 0.2) is 0 Å². The van der Waals surface area contributed by atoms with Gasteiger partial charge in [0.1, 0.15) is 0 Å². The fourth-order valence-corrected chi connectivity index (χ4v) is 6.54. The molecule has 1 nitrogen and oxygen atoms in total. The van der Waals surface area contributed by atoms with Gasteiger partial charge >= 0.3 is 0 Å². The predicted octanol–water partition coefficient (Wildman–Crippen LogP) is 9.27. The Labute approximate surface area is 220 Å². The minimum absolute atomic E-state index is 0.0141. The van der Waals surface area contributed by atoms with Crippen LogP contribution in [0.3, 0.4) is 0 Å². The highest BCUT2D eigenvalue weighted by Crippen LogP contribution is 2.41. The zero-order valence-electron chi connectivity index (χ0n) is 23.3. The third-order valence-corrected chi connectivity index (χ3v) is 9.20. The van der Waals surface area contributed by atoms with E-state index >= 15 is 0 Å². The van der Waals surface area contributed by atoms with Gasteiger partial charge in [-0.25, -0.2) is 0 Å². The second-order valence-corrected chi connectivity index (χ2v) is 11.3. The third-order valence-electron chi connectivity index (χ3n) is 9.20. The molecular formula is C35H46O. The molecule has 0 amide bonds. The summed E-state index contributed by atoms with van der Waals surface area (Å²) < 4.78 is 0. The fourth-order valence-electron chi connectivity index (χ4n) is 6.54. The van der Waals surface area contributed by atoms with Crippen molar-refractivity contribution in [3.8, 4) is 11.1 Å². The number of aliphatic hydroxyl groups is 1. The molecule has 1 heteroatoms. The summed E-state index contributed by atoms with van der Waals surface area (Å²) in [6, 6.07) is 23.3. The van der Waals surface area contributed by atoms with Gasteiger partial charge in [0.25, 0.3) is 0 Å². The largest absolute Gasteiger partial charge is 0.390 e. The van der Waals surface area contributed by atoms with Gasteiger partial charge < -0.3 is 5.11 Å². The van der Waals surface area contributed by atoms with E-state index in [1.54, 1.807) is 0 Å². The summed E-state index contributed by atoms with van der Waals surface area (Å²) in [4.78, 5) is 0. The Morgan fingerprint density at radius 3 is 1.92 bits per heavy atom. The minimum atomic E-state index is -0.448. The quantitative estimate of drug-likeness (QED) is 0.322. The van der Waals surface area contributed by atoms with E-state index in [0.29, 0.717) is 0 Å². The van der Waals surface area contributed by atoms with Crippen molar-refractivity contribution in [3.63, 3.8) is 0 Å². The van der Waals surface area contributed by atoms with Gasteiger partial charge in [-0.2, -0.15) is 0 Å². The molecule has 0 saturated heterocycles. The molecule has 3 aromatic rings. The average molecular weight is 483 g/mol. The van der Waals surface area contributed by atoms with Gasteiger partial charge in [0.05, 0.1) is 5.60 Å². The maximum Gasteiger partial charge on any atom is 0.0651 e. The molecule has 0 atom stereocenters. The van der Waals surface area contributed by atoms with E-state index in [0.717, 1.165) is 44.9 Å². The van der Waals surface area contributed by atoms with Crippen LogP contribution in [-0.2, 0) is 18.3 Å². The van der Waals surface area contributed by atoms with Gasteiger partial charge in [-0.1, -0.05) is 101 Å². The van der Waals surface area contributed by atoms with Crippen molar-refractivity contribution in [2.75, 3.05) is 0 Å². The van der Waals surface area contributed by atoms with Crippen molar-refractivity contribution >= 4 is 0 Å². The first-order chi connectivity index (χ1) is 17.3. The highest BCUT2D eigenvalue weighted by Gasteiger charge is 2.32. The minimum Gasteiger partial charge on any atom is -0.390 e.